The summed E-state index contributed by atoms with van der Waals surface area (Å²) >= 11 is 1.52. The van der Waals surface area contributed by atoms with Crippen LogP contribution in [-0.4, -0.2) is 18.9 Å². The van der Waals surface area contributed by atoms with Gasteiger partial charge in [0, 0.05) is 17.5 Å². The highest BCUT2D eigenvalue weighted by molar-refractivity contribution is 7.17. The van der Waals surface area contributed by atoms with E-state index in [1.54, 1.807) is 25.2 Å². The van der Waals surface area contributed by atoms with Crippen molar-refractivity contribution in [2.45, 2.75) is 26.2 Å². The van der Waals surface area contributed by atoms with E-state index in [4.69, 9.17) is 4.74 Å². The van der Waals surface area contributed by atoms with Gasteiger partial charge in [-0.3, -0.25) is 9.59 Å². The molecule has 1 aromatic heterocycles. The van der Waals surface area contributed by atoms with Gasteiger partial charge in [0.05, 0.1) is 5.56 Å². The molecule has 1 aliphatic rings. The van der Waals surface area contributed by atoms with E-state index in [-0.39, 0.29) is 11.8 Å². The number of fused-ring (bicyclic) bond motifs is 1. The molecule has 0 bridgehead atoms. The molecule has 2 N–H and O–H groups in total. The summed E-state index contributed by atoms with van der Waals surface area (Å²) in [6.45, 7) is 2.22. The lowest BCUT2D eigenvalue weighted by Crippen LogP contribution is -2.22. The molecule has 0 aliphatic heterocycles. The summed E-state index contributed by atoms with van der Waals surface area (Å²) in [4.78, 5) is 26.7. The molecule has 2 amide bonds. The maximum Gasteiger partial charge on any atom is 0.256 e. The first-order chi connectivity index (χ1) is 14.5. The Labute approximate surface area is 180 Å². The number of ether oxygens (including phenoxy) is 1. The Balaban J connectivity index is 1.58. The molecule has 1 atom stereocenters. The van der Waals surface area contributed by atoms with Crippen LogP contribution in [0.25, 0.3) is 0 Å². The molecule has 0 saturated carbocycles. The minimum Gasteiger partial charge on any atom is -0.457 e. The number of anilines is 1. The van der Waals surface area contributed by atoms with E-state index in [9.17, 15) is 9.59 Å². The molecule has 154 valence electrons. The largest absolute Gasteiger partial charge is 0.457 e. The van der Waals surface area contributed by atoms with E-state index in [1.165, 1.54) is 16.2 Å². The molecule has 4 rings (SSSR count). The lowest BCUT2D eigenvalue weighted by atomic mass is 9.88. The quantitative estimate of drug-likeness (QED) is 0.590. The number of thiophene rings is 1. The van der Waals surface area contributed by atoms with Gasteiger partial charge in [0.25, 0.3) is 11.8 Å². The molecule has 30 heavy (non-hydrogen) atoms. The first-order valence-corrected chi connectivity index (χ1v) is 10.9. The van der Waals surface area contributed by atoms with E-state index in [1.807, 2.05) is 36.4 Å². The molecule has 0 saturated heterocycles. The molecule has 1 aliphatic carbocycles. The number of amides is 2. The fourth-order valence-electron chi connectivity index (χ4n) is 3.70. The number of nitrogens with one attached hydrogen (secondary N) is 2. The number of para-hydroxylation sites is 1. The van der Waals surface area contributed by atoms with E-state index in [0.717, 1.165) is 24.8 Å². The molecule has 0 fully saturated rings. The molecular weight excluding hydrogens is 396 g/mol. The van der Waals surface area contributed by atoms with Crippen molar-refractivity contribution >= 4 is 28.2 Å². The average molecular weight is 421 g/mol. The molecule has 0 unspecified atom stereocenters. The van der Waals surface area contributed by atoms with Crippen LogP contribution in [-0.2, 0) is 12.8 Å². The zero-order valence-electron chi connectivity index (χ0n) is 17.0. The van der Waals surface area contributed by atoms with E-state index in [2.05, 4.69) is 17.6 Å². The molecular formula is C24H24N2O3S. The molecule has 2 aromatic carbocycles. The van der Waals surface area contributed by atoms with E-state index in [0.29, 0.717) is 33.5 Å². The summed E-state index contributed by atoms with van der Waals surface area (Å²) in [7, 11) is 1.62. The van der Waals surface area contributed by atoms with Gasteiger partial charge < -0.3 is 15.4 Å². The molecule has 0 radical (unpaired) electrons. The van der Waals surface area contributed by atoms with Crippen LogP contribution in [0.5, 0.6) is 11.5 Å². The average Bonchev–Trinajstić information content (AvgIpc) is 3.10. The highest BCUT2D eigenvalue weighted by atomic mass is 32.1. The Bertz CT molecular complexity index is 1080. The van der Waals surface area contributed by atoms with Crippen molar-refractivity contribution in [3.05, 3.63) is 76.2 Å². The second kappa shape index (κ2) is 8.71. The SMILES string of the molecule is CNC(=O)c1c(NC(=O)c2cccc(Oc3ccccc3)c2)sc2c1CC[C@H](C)C2. The molecule has 3 aromatic rings. The summed E-state index contributed by atoms with van der Waals surface area (Å²) in [6.07, 6.45) is 2.87. The number of carbonyl (C=O) groups is 2. The summed E-state index contributed by atoms with van der Waals surface area (Å²) < 4.78 is 5.84. The first kappa shape index (κ1) is 20.2. The second-order valence-electron chi connectivity index (χ2n) is 7.53. The number of hydrogen-bond donors (Lipinski definition) is 2. The van der Waals surface area contributed by atoms with Crippen LogP contribution in [0, 0.1) is 5.92 Å². The van der Waals surface area contributed by atoms with Crippen LogP contribution in [0.4, 0.5) is 5.00 Å². The van der Waals surface area contributed by atoms with Gasteiger partial charge in [-0.15, -0.1) is 11.3 Å². The predicted octanol–water partition coefficient (Wildman–Crippen LogP) is 5.28. The Morgan fingerprint density at radius 2 is 1.80 bits per heavy atom. The molecule has 6 heteroatoms. The topological polar surface area (TPSA) is 67.4 Å². The number of rotatable bonds is 5. The summed E-state index contributed by atoms with van der Waals surface area (Å²) in [5.41, 5.74) is 2.16. The lowest BCUT2D eigenvalue weighted by molar-refractivity contribution is 0.0963. The number of benzene rings is 2. The lowest BCUT2D eigenvalue weighted by Gasteiger charge is -2.18. The summed E-state index contributed by atoms with van der Waals surface area (Å²) in [5.74, 6) is 1.46. The number of hydrogen-bond acceptors (Lipinski definition) is 4. The standard InChI is InChI=1S/C24H24N2O3S/c1-15-11-12-19-20(13-15)30-24(21(19)23(28)25-2)26-22(27)16-7-6-10-18(14-16)29-17-8-4-3-5-9-17/h3-10,14-15H,11-13H2,1-2H3,(H,25,28)(H,26,27)/t15-/m0/s1. The van der Waals surface area contributed by atoms with Crippen molar-refractivity contribution in [1.29, 1.82) is 0 Å². The minimum atomic E-state index is -0.259. The van der Waals surface area contributed by atoms with Gasteiger partial charge in [-0.05, 0) is 61.1 Å². The van der Waals surface area contributed by atoms with Crippen molar-refractivity contribution in [3.63, 3.8) is 0 Å². The second-order valence-corrected chi connectivity index (χ2v) is 8.64. The molecule has 5 nitrogen and oxygen atoms in total. The van der Waals surface area contributed by atoms with Crippen molar-refractivity contribution < 1.29 is 14.3 Å². The Hall–Kier alpha value is -3.12. The zero-order chi connectivity index (χ0) is 21.1. The zero-order valence-corrected chi connectivity index (χ0v) is 17.8. The maximum absolute atomic E-state index is 13.0. The Kier molecular flexibility index (Phi) is 5.86. The summed E-state index contributed by atoms with van der Waals surface area (Å²) in [5, 5.41) is 6.30. The Morgan fingerprint density at radius 1 is 1.03 bits per heavy atom. The van der Waals surface area contributed by atoms with Gasteiger partial charge in [0.1, 0.15) is 16.5 Å². The normalized spacial score (nSPS) is 15.2. The van der Waals surface area contributed by atoms with Gasteiger partial charge in [-0.1, -0.05) is 31.2 Å². The number of carbonyl (C=O) groups excluding carboxylic acids is 2. The van der Waals surface area contributed by atoms with Crippen LogP contribution >= 0.6 is 11.3 Å². The smallest absolute Gasteiger partial charge is 0.256 e. The van der Waals surface area contributed by atoms with Crippen LogP contribution in [0.15, 0.2) is 54.6 Å². The van der Waals surface area contributed by atoms with Crippen LogP contribution in [0.1, 0.15) is 44.5 Å². The van der Waals surface area contributed by atoms with Gasteiger partial charge in [-0.2, -0.15) is 0 Å². The van der Waals surface area contributed by atoms with Crippen molar-refractivity contribution in [2.24, 2.45) is 5.92 Å². The van der Waals surface area contributed by atoms with Gasteiger partial charge >= 0.3 is 0 Å². The van der Waals surface area contributed by atoms with Gasteiger partial charge in [-0.25, -0.2) is 0 Å². The third-order valence-electron chi connectivity index (χ3n) is 5.27. The third kappa shape index (κ3) is 4.24. The Morgan fingerprint density at radius 3 is 2.57 bits per heavy atom. The van der Waals surface area contributed by atoms with E-state index >= 15 is 0 Å². The van der Waals surface area contributed by atoms with Crippen LogP contribution < -0.4 is 15.4 Å². The van der Waals surface area contributed by atoms with E-state index < -0.39 is 0 Å². The van der Waals surface area contributed by atoms with Crippen molar-refractivity contribution in [1.82, 2.24) is 5.32 Å². The van der Waals surface area contributed by atoms with Gasteiger partial charge in [0.15, 0.2) is 0 Å². The predicted molar refractivity (Wildman–Crippen MR) is 120 cm³/mol. The monoisotopic (exact) mass is 420 g/mol. The first-order valence-electron chi connectivity index (χ1n) is 10.1. The maximum atomic E-state index is 13.0. The van der Waals surface area contributed by atoms with Crippen LogP contribution in [0.3, 0.4) is 0 Å². The fraction of sp³-hybridized carbons (Fsp3) is 0.250. The summed E-state index contributed by atoms with van der Waals surface area (Å²) in [6, 6.07) is 16.5. The fourth-order valence-corrected chi connectivity index (χ4v) is 5.11. The van der Waals surface area contributed by atoms with Crippen molar-refractivity contribution in [2.75, 3.05) is 12.4 Å². The highest BCUT2D eigenvalue weighted by Gasteiger charge is 2.28. The molecule has 1 heterocycles. The van der Waals surface area contributed by atoms with Crippen LogP contribution in [0.2, 0.25) is 0 Å². The van der Waals surface area contributed by atoms with Crippen molar-refractivity contribution in [3.8, 4) is 11.5 Å². The van der Waals surface area contributed by atoms with Gasteiger partial charge in [0.2, 0.25) is 0 Å². The minimum absolute atomic E-state index is 0.154. The highest BCUT2D eigenvalue weighted by Crippen LogP contribution is 2.40. The third-order valence-corrected chi connectivity index (χ3v) is 6.44. The molecule has 0 spiro atoms.